The zero-order valence-corrected chi connectivity index (χ0v) is 36.9. The highest BCUT2D eigenvalue weighted by Crippen LogP contribution is 2.15. The van der Waals surface area contributed by atoms with Crippen molar-refractivity contribution in [1.29, 1.82) is 0 Å². The molecule has 0 fully saturated rings. The lowest BCUT2D eigenvalue weighted by atomic mass is 10.3. The van der Waals surface area contributed by atoms with Gasteiger partial charge in [0.2, 0.25) is 24.0 Å². The van der Waals surface area contributed by atoms with E-state index in [9.17, 15) is 33.6 Å². The van der Waals surface area contributed by atoms with Crippen LogP contribution >= 0.6 is 0 Å². The topological polar surface area (TPSA) is 262 Å². The maximum absolute atomic E-state index is 12.3. The first-order chi connectivity index (χ1) is 29.6. The number of aldehydes is 2. The van der Waals surface area contributed by atoms with Crippen molar-refractivity contribution in [2.75, 3.05) is 68.7 Å². The molecule has 22 heteroatoms. The summed E-state index contributed by atoms with van der Waals surface area (Å²) in [6.07, 6.45) is 14.5. The Kier molecular flexibility index (Phi) is 24.6. The molecule has 0 saturated carbocycles. The summed E-state index contributed by atoms with van der Waals surface area (Å²) in [4.78, 5) is 91.0. The third-order valence-corrected chi connectivity index (χ3v) is 7.97. The largest absolute Gasteiger partial charge is 0.460 e. The Bertz CT molecular complexity index is 2100. The van der Waals surface area contributed by atoms with Gasteiger partial charge in [-0.15, -0.1) is 0 Å². The number of imidazole rings is 2. The fourth-order valence-electron chi connectivity index (χ4n) is 4.91. The first-order valence-corrected chi connectivity index (χ1v) is 19.3. The van der Waals surface area contributed by atoms with E-state index in [0.717, 1.165) is 32.0 Å². The minimum Gasteiger partial charge on any atom is -0.460 e. The minimum atomic E-state index is -0.506. The predicted octanol–water partition coefficient (Wildman–Crippen LogP) is 2.42. The Labute approximate surface area is 361 Å². The van der Waals surface area contributed by atoms with Gasteiger partial charge < -0.3 is 64.6 Å². The molecule has 62 heavy (non-hydrogen) atoms. The molecule has 4 rings (SSSR count). The lowest BCUT2D eigenvalue weighted by Gasteiger charge is -2.12. The average molecular weight is 865 g/mol. The summed E-state index contributed by atoms with van der Waals surface area (Å²) in [6.45, 7) is 9.01. The fourth-order valence-corrected chi connectivity index (χ4v) is 4.91. The van der Waals surface area contributed by atoms with Crippen LogP contribution in [0.15, 0.2) is 54.3 Å². The number of hydrogen-bond donors (Lipinski definition) is 6. The van der Waals surface area contributed by atoms with Crippen LogP contribution in [-0.4, -0.2) is 130 Å². The Hall–Kier alpha value is -7.36. The number of ether oxygens (including phenoxy) is 1. The lowest BCUT2D eigenvalue weighted by Crippen LogP contribution is -2.26. The zero-order valence-electron chi connectivity index (χ0n) is 36.9. The Balaban J connectivity index is 0.000000449. The highest BCUT2D eigenvalue weighted by atomic mass is 16.5. The van der Waals surface area contributed by atoms with Crippen molar-refractivity contribution >= 4 is 72.4 Å². The molecule has 4 aromatic rings. The molecule has 0 unspecified atom stereocenters. The molecule has 0 aromatic carbocycles. The van der Waals surface area contributed by atoms with Crippen LogP contribution in [0.25, 0.3) is 0 Å². The van der Waals surface area contributed by atoms with Crippen LogP contribution in [-0.2, 0) is 47.3 Å². The van der Waals surface area contributed by atoms with E-state index < -0.39 is 5.97 Å². The molecule has 0 saturated heterocycles. The number of aromatic nitrogens is 6. The van der Waals surface area contributed by atoms with E-state index in [1.54, 1.807) is 105 Å². The number of aryl methyl sites for hydroxylation is 4. The Morgan fingerprint density at radius 1 is 0.839 bits per heavy atom. The van der Waals surface area contributed by atoms with Gasteiger partial charge in [0.1, 0.15) is 17.8 Å². The maximum atomic E-state index is 12.3. The quantitative estimate of drug-likeness (QED) is 0.0323. The summed E-state index contributed by atoms with van der Waals surface area (Å²) >= 11 is 0. The molecule has 0 aliphatic heterocycles. The van der Waals surface area contributed by atoms with Gasteiger partial charge in [-0.2, -0.15) is 0 Å². The lowest BCUT2D eigenvalue weighted by molar-refractivity contribution is -0.116. The number of rotatable bonds is 20. The van der Waals surface area contributed by atoms with Gasteiger partial charge in [0.25, 0.3) is 11.8 Å². The number of nitrogens with zero attached hydrogens (tertiary/aromatic N) is 8. The van der Waals surface area contributed by atoms with E-state index in [1.807, 2.05) is 7.05 Å². The molecule has 22 nitrogen and oxygen atoms in total. The highest BCUT2D eigenvalue weighted by Gasteiger charge is 2.17. The normalized spacial score (nSPS) is 10.0. The third kappa shape index (κ3) is 18.7. The number of amides is 4. The molecule has 4 amide bonds. The second-order valence-electron chi connectivity index (χ2n) is 13.0. The van der Waals surface area contributed by atoms with Gasteiger partial charge in [0, 0.05) is 99.0 Å². The first kappa shape index (κ1) is 52.7. The molecule has 338 valence electrons. The second kappa shape index (κ2) is 29.0. The number of likely N-dealkylation sites (N-methyl/N-ethyl adjacent to an activating group) is 1. The maximum Gasteiger partial charge on any atom is 0.374 e. The molecule has 0 spiro atoms. The number of carbonyl (C=O) groups is 7. The van der Waals surface area contributed by atoms with Crippen molar-refractivity contribution in [3.63, 3.8) is 0 Å². The van der Waals surface area contributed by atoms with E-state index in [-0.39, 0.29) is 35.9 Å². The number of anilines is 4. The SMILES string of the molecule is C=N/C=C\N(C)CC(=O)Nc1cc(C=O)n(C)c1.CCCCNC(=O)c1cc(NC(=O)c2nc(NC)cn2C)cn1C.CCOC(=O)c1nc(NC=O)cn1C.CNCCC=O. The summed E-state index contributed by atoms with van der Waals surface area (Å²) < 4.78 is 11.2. The monoisotopic (exact) mass is 864 g/mol. The number of unbranched alkanes of at least 4 members (excludes halogenated alkanes) is 1. The van der Waals surface area contributed by atoms with Crippen LogP contribution in [0.1, 0.15) is 75.3 Å². The number of esters is 1. The molecule has 0 radical (unpaired) electrons. The second-order valence-corrected chi connectivity index (χ2v) is 13.0. The van der Waals surface area contributed by atoms with Gasteiger partial charge in [-0.3, -0.25) is 29.0 Å². The first-order valence-electron chi connectivity index (χ1n) is 19.3. The van der Waals surface area contributed by atoms with E-state index in [4.69, 9.17) is 4.74 Å². The van der Waals surface area contributed by atoms with Crippen molar-refractivity contribution in [3.05, 3.63) is 72.4 Å². The van der Waals surface area contributed by atoms with Gasteiger partial charge in [0.15, 0.2) is 12.1 Å². The molecule has 0 bridgehead atoms. The van der Waals surface area contributed by atoms with Gasteiger partial charge in [-0.25, -0.2) is 14.8 Å². The standard InChI is InChI=1S/C16H24N6O2.C12H16N4O2.C8H11N3O3.C4H9NO/c1-5-6-7-18-15(23)12-8-11(9-21(12)3)19-16(24)14-20-13(17-2)10-22(14)4;1-13-4-5-15(2)8-12(18)14-10-6-11(9-17)16(3)7-10;1-3-14-8(13)7-10-6(9-5-12)4-11(7)2;1-5-3-2-4-6/h8-10,17H,5-7H2,1-4H3,(H,18,23)(H,19,24);4-7,9H,1,8H2,2-3H3,(H,14,18);4-5H,3H2,1-2H3,(H,9,12);4-5H,2-3H2,1H3/b;5-4-;;. The number of carbonyl (C=O) groups excluding carboxylic acids is 7. The van der Waals surface area contributed by atoms with E-state index in [0.29, 0.717) is 60.4 Å². The summed E-state index contributed by atoms with van der Waals surface area (Å²) in [7, 11) is 12.2. The molecule has 4 aromatic heterocycles. The Morgan fingerprint density at radius 2 is 1.48 bits per heavy atom. The molecule has 0 atom stereocenters. The summed E-state index contributed by atoms with van der Waals surface area (Å²) in [6, 6.07) is 3.27. The molecule has 0 aliphatic carbocycles. The van der Waals surface area contributed by atoms with Crippen LogP contribution in [0, 0.1) is 0 Å². The number of hydrogen-bond acceptors (Lipinski definition) is 14. The molecule has 0 aliphatic rings. The number of aliphatic imine (C=N–C) groups is 1. The van der Waals surface area contributed by atoms with E-state index >= 15 is 0 Å². The zero-order chi connectivity index (χ0) is 46.6. The molecule has 6 N–H and O–H groups in total. The van der Waals surface area contributed by atoms with Crippen molar-refractivity contribution in [2.45, 2.75) is 33.1 Å². The van der Waals surface area contributed by atoms with E-state index in [1.165, 1.54) is 17.0 Å². The molecular weight excluding hydrogens is 805 g/mol. The van der Waals surface area contributed by atoms with Gasteiger partial charge in [-0.05, 0) is 39.2 Å². The smallest absolute Gasteiger partial charge is 0.374 e. The van der Waals surface area contributed by atoms with Crippen molar-refractivity contribution in [1.82, 2.24) is 43.8 Å². The molecular formula is C40H60N14O8. The molecule has 4 heterocycles. The summed E-state index contributed by atoms with van der Waals surface area (Å²) in [5.74, 6) is 0.234. The van der Waals surface area contributed by atoms with Crippen molar-refractivity contribution in [2.24, 2.45) is 33.2 Å². The number of nitrogens with one attached hydrogen (secondary N) is 6. The van der Waals surface area contributed by atoms with Crippen LogP contribution in [0.3, 0.4) is 0 Å². The summed E-state index contributed by atoms with van der Waals surface area (Å²) in [5.41, 5.74) is 2.16. The van der Waals surface area contributed by atoms with Crippen molar-refractivity contribution in [3.8, 4) is 0 Å². The predicted molar refractivity (Wildman–Crippen MR) is 238 cm³/mol. The third-order valence-electron chi connectivity index (χ3n) is 7.97. The van der Waals surface area contributed by atoms with Crippen LogP contribution in [0.5, 0.6) is 0 Å². The van der Waals surface area contributed by atoms with Gasteiger partial charge >= 0.3 is 5.97 Å². The summed E-state index contributed by atoms with van der Waals surface area (Å²) in [5, 5.41) is 16.4. The van der Waals surface area contributed by atoms with Crippen LogP contribution in [0.4, 0.5) is 23.0 Å². The highest BCUT2D eigenvalue weighted by molar-refractivity contribution is 6.03. The van der Waals surface area contributed by atoms with Gasteiger partial charge in [0.05, 0.1) is 30.2 Å². The fraction of sp³-hybridized carbons (Fsp3) is 0.400. The van der Waals surface area contributed by atoms with Crippen molar-refractivity contribution < 1.29 is 38.3 Å². The van der Waals surface area contributed by atoms with Crippen LogP contribution < -0.4 is 31.9 Å². The average Bonchev–Trinajstić information content (AvgIpc) is 4.01. The van der Waals surface area contributed by atoms with Crippen LogP contribution in [0.2, 0.25) is 0 Å². The van der Waals surface area contributed by atoms with E-state index in [2.05, 4.69) is 60.5 Å². The Morgan fingerprint density at radius 3 is 2.03 bits per heavy atom. The van der Waals surface area contributed by atoms with Gasteiger partial charge in [-0.1, -0.05) is 13.3 Å². The minimum absolute atomic E-state index is 0.152.